The number of methoxy groups -OCH3 is 1. The lowest BCUT2D eigenvalue weighted by Gasteiger charge is -2.30. The van der Waals surface area contributed by atoms with Crippen LogP contribution in [0.2, 0.25) is 0 Å². The third-order valence-electron chi connectivity index (χ3n) is 4.73. The molecule has 0 unspecified atom stereocenters. The zero-order valence-electron chi connectivity index (χ0n) is 16.6. The number of benzene rings is 2. The summed E-state index contributed by atoms with van der Waals surface area (Å²) in [5.41, 5.74) is 1.95. The van der Waals surface area contributed by atoms with E-state index in [0.29, 0.717) is 25.4 Å². The lowest BCUT2D eigenvalue weighted by atomic mass is 10.1. The number of ether oxygens (including phenoxy) is 4. The zero-order valence-corrected chi connectivity index (χ0v) is 16.6. The Kier molecular flexibility index (Phi) is 7.72. The molecule has 1 N–H and O–H groups in total. The van der Waals surface area contributed by atoms with Crippen molar-refractivity contribution in [3.63, 3.8) is 0 Å². The third kappa shape index (κ3) is 6.10. The Morgan fingerprint density at radius 3 is 2.45 bits per heavy atom. The van der Waals surface area contributed by atoms with Crippen molar-refractivity contribution in [2.75, 3.05) is 51.5 Å². The van der Waals surface area contributed by atoms with Gasteiger partial charge in [0.15, 0.2) is 6.10 Å². The van der Waals surface area contributed by atoms with Crippen molar-refractivity contribution < 1.29 is 28.8 Å². The number of carboxylic acids is 1. The number of rotatable bonds is 10. The lowest BCUT2D eigenvalue weighted by Crippen LogP contribution is -2.36. The van der Waals surface area contributed by atoms with Crippen LogP contribution in [-0.4, -0.2) is 63.8 Å². The topological polar surface area (TPSA) is 77.5 Å². The molecule has 1 fully saturated rings. The summed E-state index contributed by atoms with van der Waals surface area (Å²) in [7, 11) is 1.40. The number of carboxylic acid groups (broad SMARTS) is 1. The van der Waals surface area contributed by atoms with E-state index in [1.807, 2.05) is 42.5 Å². The van der Waals surface area contributed by atoms with E-state index in [2.05, 4.69) is 11.0 Å². The fourth-order valence-electron chi connectivity index (χ4n) is 3.16. The molecule has 0 bridgehead atoms. The quantitative estimate of drug-likeness (QED) is 0.613. The van der Waals surface area contributed by atoms with E-state index in [1.165, 1.54) is 7.11 Å². The van der Waals surface area contributed by atoms with Gasteiger partial charge >= 0.3 is 5.97 Å². The van der Waals surface area contributed by atoms with Gasteiger partial charge in [-0.2, -0.15) is 0 Å². The smallest absolute Gasteiger partial charge is 0.333 e. The predicted molar refractivity (Wildman–Crippen MR) is 109 cm³/mol. The van der Waals surface area contributed by atoms with Gasteiger partial charge in [-0.25, -0.2) is 4.79 Å². The Labute approximate surface area is 170 Å². The first kappa shape index (κ1) is 21.0. The Balaban J connectivity index is 1.47. The van der Waals surface area contributed by atoms with E-state index in [-0.39, 0.29) is 0 Å². The first-order valence-electron chi connectivity index (χ1n) is 9.69. The number of aliphatic carboxylic acids is 1. The molecule has 29 heavy (non-hydrogen) atoms. The molecule has 156 valence electrons. The molecule has 0 radical (unpaired) electrons. The number of morpholine rings is 1. The Morgan fingerprint density at radius 2 is 1.76 bits per heavy atom. The van der Waals surface area contributed by atoms with Crippen LogP contribution >= 0.6 is 0 Å². The minimum atomic E-state index is -0.970. The van der Waals surface area contributed by atoms with Gasteiger partial charge in [-0.05, 0) is 29.8 Å². The largest absolute Gasteiger partial charge is 0.490 e. The van der Waals surface area contributed by atoms with E-state index < -0.39 is 12.1 Å². The standard InChI is InChI=1S/C22H27NO6/c1-26-21(22(24)25)16-17-6-8-18(9-7-17)28-14-15-29-20-5-3-2-4-19(20)23-10-12-27-13-11-23/h2-9,21H,10-16H2,1H3,(H,24,25)/t21-/m0/s1. The van der Waals surface area contributed by atoms with E-state index in [1.54, 1.807) is 0 Å². The normalized spacial score (nSPS) is 15.0. The van der Waals surface area contributed by atoms with Crippen molar-refractivity contribution in [3.8, 4) is 11.5 Å². The van der Waals surface area contributed by atoms with Crippen LogP contribution in [0.25, 0.3) is 0 Å². The second-order valence-electron chi connectivity index (χ2n) is 6.67. The highest BCUT2D eigenvalue weighted by Crippen LogP contribution is 2.28. The highest BCUT2D eigenvalue weighted by Gasteiger charge is 2.17. The van der Waals surface area contributed by atoms with Gasteiger partial charge in [0.25, 0.3) is 0 Å². The van der Waals surface area contributed by atoms with Gasteiger partial charge in [-0.15, -0.1) is 0 Å². The molecule has 1 aliphatic rings. The van der Waals surface area contributed by atoms with Gasteiger partial charge in [0, 0.05) is 26.6 Å². The highest BCUT2D eigenvalue weighted by atomic mass is 16.5. The molecule has 3 rings (SSSR count). The van der Waals surface area contributed by atoms with Gasteiger partial charge in [0.05, 0.1) is 18.9 Å². The van der Waals surface area contributed by atoms with Crippen LogP contribution in [0.5, 0.6) is 11.5 Å². The maximum atomic E-state index is 11.0. The van der Waals surface area contributed by atoms with Crippen molar-refractivity contribution in [1.82, 2.24) is 0 Å². The van der Waals surface area contributed by atoms with Crippen LogP contribution in [0.1, 0.15) is 5.56 Å². The first-order chi connectivity index (χ1) is 14.2. The van der Waals surface area contributed by atoms with Crippen LogP contribution in [0.3, 0.4) is 0 Å². The molecule has 7 heteroatoms. The SMILES string of the molecule is CO[C@@H](Cc1ccc(OCCOc2ccccc2N2CCOCC2)cc1)C(=O)O. The Morgan fingerprint density at radius 1 is 1.07 bits per heavy atom. The second kappa shape index (κ2) is 10.7. The molecular weight excluding hydrogens is 374 g/mol. The molecule has 7 nitrogen and oxygen atoms in total. The molecule has 1 aliphatic heterocycles. The molecule has 0 amide bonds. The number of nitrogens with zero attached hydrogens (tertiary/aromatic N) is 1. The molecule has 0 spiro atoms. The molecule has 2 aromatic rings. The second-order valence-corrected chi connectivity index (χ2v) is 6.67. The van der Waals surface area contributed by atoms with Crippen LogP contribution in [0, 0.1) is 0 Å². The Hall–Kier alpha value is -2.77. The van der Waals surface area contributed by atoms with Gasteiger partial charge in [-0.1, -0.05) is 24.3 Å². The average molecular weight is 401 g/mol. The fourth-order valence-corrected chi connectivity index (χ4v) is 3.16. The summed E-state index contributed by atoms with van der Waals surface area (Å²) in [6, 6.07) is 15.3. The monoisotopic (exact) mass is 401 g/mol. The zero-order chi connectivity index (χ0) is 20.5. The summed E-state index contributed by atoms with van der Waals surface area (Å²) < 4.78 is 22.1. The van der Waals surface area contributed by atoms with E-state index in [9.17, 15) is 4.79 Å². The summed E-state index contributed by atoms with van der Waals surface area (Å²) in [4.78, 5) is 13.3. The summed E-state index contributed by atoms with van der Waals surface area (Å²) in [6.45, 7) is 4.00. The minimum Gasteiger partial charge on any atom is -0.490 e. The van der Waals surface area contributed by atoms with Crippen LogP contribution < -0.4 is 14.4 Å². The number of hydrogen-bond donors (Lipinski definition) is 1. The number of carbonyl (C=O) groups is 1. The van der Waals surface area contributed by atoms with E-state index in [4.69, 9.17) is 24.1 Å². The molecule has 2 aromatic carbocycles. The molecule has 0 aliphatic carbocycles. The van der Waals surface area contributed by atoms with Gasteiger partial charge in [0.1, 0.15) is 24.7 Å². The molecule has 0 aromatic heterocycles. The molecule has 1 saturated heterocycles. The summed E-state index contributed by atoms with van der Waals surface area (Å²) in [5.74, 6) is 0.582. The average Bonchev–Trinajstić information content (AvgIpc) is 2.76. The van der Waals surface area contributed by atoms with Crippen molar-refractivity contribution in [2.45, 2.75) is 12.5 Å². The van der Waals surface area contributed by atoms with Crippen LogP contribution in [-0.2, 0) is 20.7 Å². The first-order valence-corrected chi connectivity index (χ1v) is 9.69. The van der Waals surface area contributed by atoms with E-state index >= 15 is 0 Å². The summed E-state index contributed by atoms with van der Waals surface area (Å²) in [5, 5.41) is 9.06. The third-order valence-corrected chi connectivity index (χ3v) is 4.73. The molecule has 1 atom stereocenters. The summed E-state index contributed by atoms with van der Waals surface area (Å²) >= 11 is 0. The van der Waals surface area contributed by atoms with Crippen molar-refractivity contribution in [3.05, 3.63) is 54.1 Å². The summed E-state index contributed by atoms with van der Waals surface area (Å²) in [6.07, 6.45) is -0.533. The predicted octanol–water partition coefficient (Wildman–Crippen LogP) is 2.62. The fraction of sp³-hybridized carbons (Fsp3) is 0.409. The Bertz CT molecular complexity index is 773. The number of anilines is 1. The maximum absolute atomic E-state index is 11.0. The van der Waals surface area contributed by atoms with Gasteiger partial charge < -0.3 is 29.0 Å². The van der Waals surface area contributed by atoms with Crippen LogP contribution in [0.15, 0.2) is 48.5 Å². The number of para-hydroxylation sites is 2. The lowest BCUT2D eigenvalue weighted by molar-refractivity contribution is -0.148. The van der Waals surface area contributed by atoms with E-state index in [0.717, 1.165) is 43.3 Å². The molecule has 1 heterocycles. The van der Waals surface area contributed by atoms with Crippen molar-refractivity contribution in [1.29, 1.82) is 0 Å². The highest BCUT2D eigenvalue weighted by molar-refractivity contribution is 5.72. The van der Waals surface area contributed by atoms with Crippen LogP contribution in [0.4, 0.5) is 5.69 Å². The van der Waals surface area contributed by atoms with Crippen molar-refractivity contribution in [2.24, 2.45) is 0 Å². The van der Waals surface area contributed by atoms with Gasteiger partial charge in [0.2, 0.25) is 0 Å². The molecular formula is C22H27NO6. The van der Waals surface area contributed by atoms with Gasteiger partial charge in [-0.3, -0.25) is 0 Å². The minimum absolute atomic E-state index is 0.313. The number of hydrogen-bond acceptors (Lipinski definition) is 6. The van der Waals surface area contributed by atoms with Crippen molar-refractivity contribution >= 4 is 11.7 Å². The maximum Gasteiger partial charge on any atom is 0.333 e. The molecule has 0 saturated carbocycles.